The average molecular weight is 250 g/mol. The predicted octanol–water partition coefficient (Wildman–Crippen LogP) is 3.83. The first-order chi connectivity index (χ1) is 9.18. The lowest BCUT2D eigenvalue weighted by Gasteiger charge is -2.09. The number of fused-ring (bicyclic) bond motifs is 3. The third-order valence-electron chi connectivity index (χ3n) is 3.64. The Morgan fingerprint density at radius 2 is 1.47 bits per heavy atom. The lowest BCUT2D eigenvalue weighted by atomic mass is 9.95. The summed E-state index contributed by atoms with van der Waals surface area (Å²) in [7, 11) is 0. The summed E-state index contributed by atoms with van der Waals surface area (Å²) < 4.78 is 0. The first kappa shape index (κ1) is 11.7. The molecule has 2 aromatic rings. The molecule has 0 spiro atoms. The predicted molar refractivity (Wildman–Crippen MR) is 75.1 cm³/mol. The van der Waals surface area contributed by atoms with Gasteiger partial charge in [0.05, 0.1) is 0 Å². The van der Waals surface area contributed by atoms with E-state index in [0.717, 1.165) is 0 Å². The van der Waals surface area contributed by atoms with E-state index in [4.69, 9.17) is 5.11 Å². The number of rotatable bonds is 2. The van der Waals surface area contributed by atoms with E-state index in [2.05, 4.69) is 24.3 Å². The third kappa shape index (κ3) is 1.85. The molecule has 1 N–H and O–H groups in total. The molecule has 1 aliphatic rings. The van der Waals surface area contributed by atoms with E-state index >= 15 is 0 Å². The first-order valence-corrected chi connectivity index (χ1v) is 6.28. The molecule has 0 bridgehead atoms. The van der Waals surface area contributed by atoms with Gasteiger partial charge in [0.25, 0.3) is 0 Å². The van der Waals surface area contributed by atoms with E-state index in [-0.39, 0.29) is 5.92 Å². The molecule has 0 unspecified atom stereocenters. The molecule has 19 heavy (non-hydrogen) atoms. The minimum absolute atomic E-state index is 0.0449. The third-order valence-corrected chi connectivity index (χ3v) is 3.64. The number of carboxylic acid groups (broad SMARTS) is 1. The molecule has 2 nitrogen and oxygen atoms in total. The number of carboxylic acids is 1. The lowest BCUT2D eigenvalue weighted by molar-refractivity contribution is -0.132. The van der Waals surface area contributed by atoms with Crippen LogP contribution in [0.2, 0.25) is 0 Å². The maximum absolute atomic E-state index is 11.0. The molecule has 94 valence electrons. The van der Waals surface area contributed by atoms with E-state index in [0.29, 0.717) is 5.57 Å². The summed E-state index contributed by atoms with van der Waals surface area (Å²) >= 11 is 0. The fourth-order valence-corrected chi connectivity index (χ4v) is 2.70. The zero-order chi connectivity index (χ0) is 13.4. The van der Waals surface area contributed by atoms with Crippen LogP contribution in [0.25, 0.3) is 11.1 Å². The van der Waals surface area contributed by atoms with Gasteiger partial charge in [-0.15, -0.1) is 0 Å². The van der Waals surface area contributed by atoms with Crippen molar-refractivity contribution in [3.05, 3.63) is 71.3 Å². The Morgan fingerprint density at radius 3 is 1.95 bits per heavy atom. The van der Waals surface area contributed by atoms with Gasteiger partial charge in [0.15, 0.2) is 0 Å². The summed E-state index contributed by atoms with van der Waals surface area (Å²) in [5.74, 6) is -0.814. The highest BCUT2D eigenvalue weighted by Gasteiger charge is 2.26. The molecule has 0 aromatic heterocycles. The number of hydrogen-bond donors (Lipinski definition) is 1. The second-order valence-corrected chi connectivity index (χ2v) is 4.81. The van der Waals surface area contributed by atoms with Gasteiger partial charge in [-0.25, -0.2) is 4.79 Å². The van der Waals surface area contributed by atoms with Crippen molar-refractivity contribution in [1.29, 1.82) is 0 Å². The molecule has 0 aliphatic heterocycles. The van der Waals surface area contributed by atoms with Gasteiger partial charge in [-0.2, -0.15) is 0 Å². The first-order valence-electron chi connectivity index (χ1n) is 6.28. The topological polar surface area (TPSA) is 37.3 Å². The van der Waals surface area contributed by atoms with Crippen molar-refractivity contribution in [3.63, 3.8) is 0 Å². The fourth-order valence-electron chi connectivity index (χ4n) is 2.70. The molecule has 0 fully saturated rings. The molecule has 0 atom stereocenters. The van der Waals surface area contributed by atoms with Crippen LogP contribution in [0, 0.1) is 0 Å². The minimum atomic E-state index is -0.859. The average Bonchev–Trinajstić information content (AvgIpc) is 2.74. The van der Waals surface area contributed by atoms with Gasteiger partial charge in [0.1, 0.15) is 0 Å². The largest absolute Gasteiger partial charge is 0.478 e. The van der Waals surface area contributed by atoms with Crippen LogP contribution in [0.15, 0.2) is 60.2 Å². The molecule has 2 heteroatoms. The van der Waals surface area contributed by atoms with Gasteiger partial charge >= 0.3 is 5.97 Å². The van der Waals surface area contributed by atoms with Crippen LogP contribution in [0.5, 0.6) is 0 Å². The number of carbonyl (C=O) groups is 1. The number of aliphatic carboxylic acids is 1. The van der Waals surface area contributed by atoms with Gasteiger partial charge < -0.3 is 5.11 Å². The van der Waals surface area contributed by atoms with Crippen LogP contribution in [-0.4, -0.2) is 11.1 Å². The number of benzene rings is 2. The van der Waals surface area contributed by atoms with Crippen LogP contribution in [0.4, 0.5) is 0 Å². The Morgan fingerprint density at radius 1 is 1.00 bits per heavy atom. The van der Waals surface area contributed by atoms with E-state index in [1.807, 2.05) is 30.3 Å². The Balaban J connectivity index is 2.20. The molecule has 2 aromatic carbocycles. The van der Waals surface area contributed by atoms with Gasteiger partial charge in [0, 0.05) is 11.5 Å². The van der Waals surface area contributed by atoms with Crippen molar-refractivity contribution in [3.8, 4) is 11.1 Å². The molecule has 3 rings (SSSR count). The van der Waals surface area contributed by atoms with Crippen molar-refractivity contribution in [1.82, 2.24) is 0 Å². The molecule has 0 amide bonds. The molecule has 1 aliphatic carbocycles. The van der Waals surface area contributed by atoms with Crippen molar-refractivity contribution in [2.45, 2.75) is 12.8 Å². The number of allylic oxidation sites excluding steroid dienone is 1. The Labute approximate surface area is 112 Å². The lowest BCUT2D eigenvalue weighted by Crippen LogP contribution is -2.00. The fraction of sp³-hybridized carbons (Fsp3) is 0.118. The van der Waals surface area contributed by atoms with Crippen molar-refractivity contribution < 1.29 is 9.90 Å². The monoisotopic (exact) mass is 250 g/mol. The summed E-state index contributed by atoms with van der Waals surface area (Å²) in [6.45, 7) is 1.64. The van der Waals surface area contributed by atoms with E-state index in [1.165, 1.54) is 22.3 Å². The van der Waals surface area contributed by atoms with Crippen LogP contribution in [0.3, 0.4) is 0 Å². The number of hydrogen-bond acceptors (Lipinski definition) is 1. The summed E-state index contributed by atoms with van der Waals surface area (Å²) in [6.07, 6.45) is 1.84. The Kier molecular flexibility index (Phi) is 2.71. The minimum Gasteiger partial charge on any atom is -0.478 e. The van der Waals surface area contributed by atoms with Crippen LogP contribution in [-0.2, 0) is 4.79 Å². The van der Waals surface area contributed by atoms with Gasteiger partial charge in [-0.05, 0) is 29.2 Å². The summed E-state index contributed by atoms with van der Waals surface area (Å²) in [5.41, 5.74) is 5.17. The quantitative estimate of drug-likeness (QED) is 0.822. The van der Waals surface area contributed by atoms with E-state index < -0.39 is 5.97 Å². The van der Waals surface area contributed by atoms with Crippen LogP contribution in [0.1, 0.15) is 24.0 Å². The van der Waals surface area contributed by atoms with Gasteiger partial charge in [-0.1, -0.05) is 54.6 Å². The van der Waals surface area contributed by atoms with Crippen LogP contribution < -0.4 is 0 Å². The zero-order valence-electron chi connectivity index (χ0n) is 10.6. The second-order valence-electron chi connectivity index (χ2n) is 4.81. The highest BCUT2D eigenvalue weighted by atomic mass is 16.4. The molecule has 0 saturated heterocycles. The molecular formula is C17H14O2. The second kappa shape index (κ2) is 4.39. The van der Waals surface area contributed by atoms with E-state index in [1.54, 1.807) is 6.92 Å². The van der Waals surface area contributed by atoms with E-state index in [9.17, 15) is 4.79 Å². The maximum Gasteiger partial charge on any atom is 0.330 e. The maximum atomic E-state index is 11.0. The smallest absolute Gasteiger partial charge is 0.330 e. The Bertz CT molecular complexity index is 638. The van der Waals surface area contributed by atoms with Gasteiger partial charge in [0.2, 0.25) is 0 Å². The molecule has 0 saturated carbocycles. The van der Waals surface area contributed by atoms with Crippen molar-refractivity contribution in [2.75, 3.05) is 0 Å². The van der Waals surface area contributed by atoms with Crippen molar-refractivity contribution >= 4 is 5.97 Å². The normalized spacial score (nSPS) is 14.1. The standard InChI is InChI=1S/C17H14O2/c1-11(17(18)19)10-16-14-8-4-2-6-12(14)13-7-3-5-9-15(13)16/h2-10,16H,1H3,(H,18,19). The van der Waals surface area contributed by atoms with Crippen molar-refractivity contribution in [2.24, 2.45) is 0 Å². The highest BCUT2D eigenvalue weighted by Crippen LogP contribution is 2.45. The summed E-state index contributed by atoms with van der Waals surface area (Å²) in [5, 5.41) is 9.07. The zero-order valence-corrected chi connectivity index (χ0v) is 10.6. The molecule has 0 radical (unpaired) electrons. The molecule has 0 heterocycles. The summed E-state index contributed by atoms with van der Waals surface area (Å²) in [4.78, 5) is 11.0. The SMILES string of the molecule is CC(=CC1c2ccccc2-c2ccccc21)C(=O)O. The van der Waals surface area contributed by atoms with Crippen LogP contribution >= 0.6 is 0 Å². The molecular weight excluding hydrogens is 236 g/mol. The van der Waals surface area contributed by atoms with Gasteiger partial charge in [-0.3, -0.25) is 0 Å². The highest BCUT2D eigenvalue weighted by molar-refractivity contribution is 5.87. The Hall–Kier alpha value is -2.35. The summed E-state index contributed by atoms with van der Waals surface area (Å²) in [6, 6.07) is 16.4.